The molecule has 4 rings (SSSR count). The predicted molar refractivity (Wildman–Crippen MR) is 132 cm³/mol. The molecule has 0 radical (unpaired) electrons. The summed E-state index contributed by atoms with van der Waals surface area (Å²) in [6.07, 6.45) is 7.90. The molecule has 1 aliphatic heterocycles. The Kier molecular flexibility index (Phi) is 7.16. The summed E-state index contributed by atoms with van der Waals surface area (Å²) in [6.45, 7) is 4.83. The van der Waals surface area contributed by atoms with Crippen LogP contribution in [0.4, 0.5) is 23.1 Å². The van der Waals surface area contributed by atoms with E-state index in [1.807, 2.05) is 10.9 Å². The molecule has 35 heavy (non-hydrogen) atoms. The predicted octanol–water partition coefficient (Wildman–Crippen LogP) is 3.27. The van der Waals surface area contributed by atoms with Crippen molar-refractivity contribution in [2.45, 2.75) is 18.9 Å². The molecule has 2 amide bonds. The molecule has 0 aliphatic carbocycles. The van der Waals surface area contributed by atoms with Gasteiger partial charge in [-0.15, -0.1) is 0 Å². The van der Waals surface area contributed by atoms with Gasteiger partial charge < -0.3 is 26.0 Å². The molecule has 0 unspecified atom stereocenters. The molecule has 11 nitrogen and oxygen atoms in total. The van der Waals surface area contributed by atoms with Gasteiger partial charge in [-0.2, -0.15) is 10.1 Å². The van der Waals surface area contributed by atoms with Crippen LogP contribution in [0.3, 0.4) is 0 Å². The molecule has 0 saturated carbocycles. The summed E-state index contributed by atoms with van der Waals surface area (Å²) in [5.74, 6) is 0.0701. The number of primary amides is 1. The standard InChI is InChI=1S/C23H25ClN8O3/c1-3-19(33)31-9-5-6-15(13-31)32-12-14(10-27-32)28-23-26-11-16(21(25)34)22(30-23)29-20-17(24)7-4-8-18(20)35-2/h3-4,7-8,10-12,15H,1,5-6,9,13H2,2H3,(H2,25,34)(H2,26,28,29,30)/t15-/m1/s1. The fourth-order valence-corrected chi connectivity index (χ4v) is 4.08. The van der Waals surface area contributed by atoms with Gasteiger partial charge in [-0.3, -0.25) is 14.3 Å². The van der Waals surface area contributed by atoms with Crippen molar-refractivity contribution < 1.29 is 14.3 Å². The number of nitrogens with one attached hydrogen (secondary N) is 2. The smallest absolute Gasteiger partial charge is 0.254 e. The summed E-state index contributed by atoms with van der Waals surface area (Å²) in [6, 6.07) is 5.19. The van der Waals surface area contributed by atoms with Gasteiger partial charge in [-0.25, -0.2) is 4.98 Å². The van der Waals surface area contributed by atoms with E-state index in [1.54, 1.807) is 29.3 Å². The number of amides is 2. The van der Waals surface area contributed by atoms with Crippen LogP contribution < -0.4 is 21.1 Å². The number of piperidine rings is 1. The van der Waals surface area contributed by atoms with E-state index in [9.17, 15) is 9.59 Å². The number of halogens is 1. The minimum absolute atomic E-state index is 0.0475. The highest BCUT2D eigenvalue weighted by Crippen LogP contribution is 2.35. The van der Waals surface area contributed by atoms with Gasteiger partial charge in [0, 0.05) is 25.5 Å². The van der Waals surface area contributed by atoms with Gasteiger partial charge in [0.2, 0.25) is 11.9 Å². The second-order valence-electron chi connectivity index (χ2n) is 7.88. The fourth-order valence-electron chi connectivity index (χ4n) is 3.86. The molecule has 182 valence electrons. The zero-order valence-corrected chi connectivity index (χ0v) is 19.8. The Morgan fingerprint density at radius 3 is 2.89 bits per heavy atom. The average molecular weight is 497 g/mol. The molecule has 4 N–H and O–H groups in total. The van der Waals surface area contributed by atoms with Gasteiger partial charge in [0.05, 0.1) is 30.1 Å². The lowest BCUT2D eigenvalue weighted by atomic mass is 10.1. The largest absolute Gasteiger partial charge is 0.495 e. The minimum Gasteiger partial charge on any atom is -0.495 e. The number of carbonyl (C=O) groups is 2. The van der Waals surface area contributed by atoms with Gasteiger partial charge in [0.1, 0.15) is 22.8 Å². The van der Waals surface area contributed by atoms with Crippen LogP contribution in [-0.2, 0) is 4.79 Å². The Hall–Kier alpha value is -4.12. The Balaban J connectivity index is 1.55. The lowest BCUT2D eigenvalue weighted by Crippen LogP contribution is -2.39. The quantitative estimate of drug-likeness (QED) is 0.403. The van der Waals surface area contributed by atoms with E-state index in [0.29, 0.717) is 35.2 Å². The van der Waals surface area contributed by atoms with E-state index < -0.39 is 5.91 Å². The molecule has 1 aliphatic rings. The molecular formula is C23H25ClN8O3. The topological polar surface area (TPSA) is 140 Å². The number of para-hydroxylation sites is 1. The average Bonchev–Trinajstić information content (AvgIpc) is 3.33. The molecule has 0 bridgehead atoms. The number of aromatic nitrogens is 4. The highest BCUT2D eigenvalue weighted by molar-refractivity contribution is 6.33. The lowest BCUT2D eigenvalue weighted by Gasteiger charge is -2.32. The van der Waals surface area contributed by atoms with E-state index >= 15 is 0 Å². The number of ether oxygens (including phenoxy) is 1. The van der Waals surface area contributed by atoms with E-state index in [4.69, 9.17) is 22.1 Å². The van der Waals surface area contributed by atoms with Crippen molar-refractivity contribution >= 4 is 46.6 Å². The zero-order chi connectivity index (χ0) is 24.9. The van der Waals surface area contributed by atoms with Gasteiger partial charge in [0.25, 0.3) is 5.91 Å². The molecule has 1 atom stereocenters. The van der Waals surface area contributed by atoms with Gasteiger partial charge in [-0.05, 0) is 31.1 Å². The lowest BCUT2D eigenvalue weighted by molar-refractivity contribution is -0.127. The fraction of sp³-hybridized carbons (Fsp3) is 0.261. The number of methoxy groups -OCH3 is 1. The number of carbonyl (C=O) groups excluding carboxylic acids is 2. The van der Waals surface area contributed by atoms with Crippen molar-refractivity contribution in [1.82, 2.24) is 24.6 Å². The van der Waals surface area contributed by atoms with Crippen LogP contribution in [0.15, 0.2) is 49.4 Å². The molecular weight excluding hydrogens is 472 g/mol. The number of nitrogens with zero attached hydrogens (tertiary/aromatic N) is 5. The van der Waals surface area contributed by atoms with Crippen LogP contribution in [0.5, 0.6) is 5.75 Å². The molecule has 2 aromatic heterocycles. The first-order chi connectivity index (χ1) is 16.9. The van der Waals surface area contributed by atoms with Gasteiger partial charge in [-0.1, -0.05) is 24.2 Å². The normalized spacial score (nSPS) is 15.4. The van der Waals surface area contributed by atoms with Crippen LogP contribution in [0.2, 0.25) is 5.02 Å². The Morgan fingerprint density at radius 2 is 2.14 bits per heavy atom. The summed E-state index contributed by atoms with van der Waals surface area (Å²) in [7, 11) is 1.51. The number of hydrogen-bond acceptors (Lipinski definition) is 8. The van der Waals surface area contributed by atoms with E-state index in [1.165, 1.54) is 19.4 Å². The van der Waals surface area contributed by atoms with Gasteiger partial charge >= 0.3 is 0 Å². The van der Waals surface area contributed by atoms with Crippen molar-refractivity contribution in [2.24, 2.45) is 5.73 Å². The molecule has 1 saturated heterocycles. The third kappa shape index (κ3) is 5.35. The number of nitrogens with two attached hydrogens (primary N) is 1. The first-order valence-electron chi connectivity index (χ1n) is 10.9. The maximum atomic E-state index is 12.0. The van der Waals surface area contributed by atoms with Crippen molar-refractivity contribution in [1.29, 1.82) is 0 Å². The number of likely N-dealkylation sites (tertiary alicyclic amines) is 1. The first kappa shape index (κ1) is 24.0. The van der Waals surface area contributed by atoms with Crippen LogP contribution >= 0.6 is 11.6 Å². The Labute approximate surface area is 206 Å². The first-order valence-corrected chi connectivity index (χ1v) is 11.3. The van der Waals surface area contributed by atoms with Crippen LogP contribution in [0.1, 0.15) is 29.2 Å². The van der Waals surface area contributed by atoms with Gasteiger partial charge in [0.15, 0.2) is 0 Å². The molecule has 3 heterocycles. The van der Waals surface area contributed by atoms with E-state index in [2.05, 4.69) is 32.3 Å². The molecule has 1 aromatic carbocycles. The zero-order valence-electron chi connectivity index (χ0n) is 19.1. The maximum absolute atomic E-state index is 12.0. The van der Waals surface area contributed by atoms with Crippen molar-refractivity contribution in [3.8, 4) is 5.75 Å². The molecule has 12 heteroatoms. The number of benzene rings is 1. The summed E-state index contributed by atoms with van der Waals surface area (Å²) in [5, 5.41) is 10.9. The van der Waals surface area contributed by atoms with E-state index in [0.717, 1.165) is 12.8 Å². The maximum Gasteiger partial charge on any atom is 0.254 e. The molecule has 0 spiro atoms. The van der Waals surface area contributed by atoms with Crippen molar-refractivity contribution in [2.75, 3.05) is 30.8 Å². The number of hydrogen-bond donors (Lipinski definition) is 3. The number of rotatable bonds is 8. The highest BCUT2D eigenvalue weighted by Gasteiger charge is 2.24. The second kappa shape index (κ2) is 10.4. The minimum atomic E-state index is -0.700. The number of anilines is 4. The monoisotopic (exact) mass is 496 g/mol. The Bertz CT molecular complexity index is 1260. The van der Waals surface area contributed by atoms with Crippen LogP contribution in [-0.4, -0.2) is 56.7 Å². The van der Waals surface area contributed by atoms with Crippen molar-refractivity contribution in [3.05, 3.63) is 60.0 Å². The van der Waals surface area contributed by atoms with Crippen molar-refractivity contribution in [3.63, 3.8) is 0 Å². The van der Waals surface area contributed by atoms with Crippen LogP contribution in [0.25, 0.3) is 0 Å². The third-order valence-corrected chi connectivity index (χ3v) is 5.92. The highest BCUT2D eigenvalue weighted by atomic mass is 35.5. The third-order valence-electron chi connectivity index (χ3n) is 5.61. The SMILES string of the molecule is C=CC(=O)N1CCC[C@@H](n2cc(Nc3ncc(C(N)=O)c(Nc4c(Cl)cccc4OC)n3)cn2)C1. The van der Waals surface area contributed by atoms with Crippen LogP contribution in [0, 0.1) is 0 Å². The summed E-state index contributed by atoms with van der Waals surface area (Å²) < 4.78 is 7.17. The summed E-state index contributed by atoms with van der Waals surface area (Å²) >= 11 is 6.32. The van der Waals surface area contributed by atoms with E-state index in [-0.39, 0.29) is 29.3 Å². The molecule has 3 aromatic rings. The molecule has 1 fully saturated rings. The second-order valence-corrected chi connectivity index (χ2v) is 8.29. The summed E-state index contributed by atoms with van der Waals surface area (Å²) in [5.41, 5.74) is 6.68. The summed E-state index contributed by atoms with van der Waals surface area (Å²) in [4.78, 5) is 34.3. The Morgan fingerprint density at radius 1 is 1.31 bits per heavy atom.